The summed E-state index contributed by atoms with van der Waals surface area (Å²) in [6.45, 7) is 1.87. The van der Waals surface area contributed by atoms with Crippen LogP contribution in [-0.4, -0.2) is 28.6 Å². The molecule has 0 spiro atoms. The molecule has 1 aromatic heterocycles. The van der Waals surface area contributed by atoms with E-state index in [2.05, 4.69) is 10.3 Å². The Bertz CT molecular complexity index is 1040. The maximum Gasteiger partial charge on any atom is 0.257 e. The van der Waals surface area contributed by atoms with E-state index < -0.39 is 0 Å². The molecule has 0 bridgehead atoms. The SMILES string of the molecule is C[C@H]1CC(=O)Nc2ccccc2N1C(=O)CSc1nc2ccc(Cl)cc2o1. The zero-order valence-corrected chi connectivity index (χ0v) is 16.0. The fraction of sp³-hybridized carbons (Fsp3) is 0.211. The topological polar surface area (TPSA) is 75.4 Å². The van der Waals surface area contributed by atoms with Gasteiger partial charge in [-0.05, 0) is 31.2 Å². The summed E-state index contributed by atoms with van der Waals surface area (Å²) in [5.74, 6) is -0.0709. The number of para-hydroxylation sites is 2. The highest BCUT2D eigenvalue weighted by atomic mass is 35.5. The number of hydrogen-bond donors (Lipinski definition) is 1. The average Bonchev–Trinajstić information content (AvgIpc) is 2.97. The summed E-state index contributed by atoms with van der Waals surface area (Å²) in [7, 11) is 0. The summed E-state index contributed by atoms with van der Waals surface area (Å²) in [6.07, 6.45) is 0.243. The highest BCUT2D eigenvalue weighted by molar-refractivity contribution is 7.99. The van der Waals surface area contributed by atoms with Crippen molar-refractivity contribution in [2.24, 2.45) is 0 Å². The number of nitrogens with one attached hydrogen (secondary N) is 1. The molecule has 4 rings (SSSR count). The Morgan fingerprint density at radius 2 is 2.19 bits per heavy atom. The summed E-state index contributed by atoms with van der Waals surface area (Å²) in [5.41, 5.74) is 2.62. The Balaban J connectivity index is 1.55. The molecule has 0 saturated heterocycles. The van der Waals surface area contributed by atoms with Crippen molar-refractivity contribution in [1.29, 1.82) is 0 Å². The minimum Gasteiger partial charge on any atom is -0.431 e. The van der Waals surface area contributed by atoms with Gasteiger partial charge in [0.15, 0.2) is 5.58 Å². The first-order valence-corrected chi connectivity index (χ1v) is 9.77. The standard InChI is InChI=1S/C19H16ClN3O3S/c1-11-8-17(24)21-13-4-2-3-5-15(13)23(11)18(25)10-27-19-22-14-7-6-12(20)9-16(14)26-19/h2-7,9,11H,8,10H2,1H3,(H,21,24)/t11-/m0/s1. The first-order valence-electron chi connectivity index (χ1n) is 8.41. The van der Waals surface area contributed by atoms with Crippen LogP contribution in [0.4, 0.5) is 11.4 Å². The second-order valence-electron chi connectivity index (χ2n) is 6.26. The maximum atomic E-state index is 12.9. The van der Waals surface area contributed by atoms with Gasteiger partial charge in [-0.25, -0.2) is 4.98 Å². The molecule has 27 heavy (non-hydrogen) atoms. The number of rotatable bonds is 3. The number of aromatic nitrogens is 1. The zero-order valence-electron chi connectivity index (χ0n) is 14.4. The van der Waals surface area contributed by atoms with Crippen LogP contribution < -0.4 is 10.2 Å². The number of fused-ring (bicyclic) bond motifs is 2. The van der Waals surface area contributed by atoms with Crippen LogP contribution in [0.2, 0.25) is 5.02 Å². The van der Waals surface area contributed by atoms with Crippen molar-refractivity contribution in [2.45, 2.75) is 24.6 Å². The molecule has 0 unspecified atom stereocenters. The van der Waals surface area contributed by atoms with Crippen LogP contribution in [0.15, 0.2) is 52.1 Å². The molecule has 2 amide bonds. The number of thioether (sulfide) groups is 1. The zero-order chi connectivity index (χ0) is 19.0. The van der Waals surface area contributed by atoms with Crippen molar-refractivity contribution in [3.63, 3.8) is 0 Å². The largest absolute Gasteiger partial charge is 0.431 e. The van der Waals surface area contributed by atoms with E-state index in [1.165, 1.54) is 11.8 Å². The predicted octanol–water partition coefficient (Wildman–Crippen LogP) is 4.34. The number of amides is 2. The van der Waals surface area contributed by atoms with E-state index in [4.69, 9.17) is 16.0 Å². The molecular formula is C19H16ClN3O3S. The average molecular weight is 402 g/mol. The van der Waals surface area contributed by atoms with Gasteiger partial charge in [0.25, 0.3) is 5.22 Å². The van der Waals surface area contributed by atoms with Gasteiger partial charge in [0.1, 0.15) is 5.52 Å². The molecule has 0 fully saturated rings. The molecule has 3 aromatic rings. The van der Waals surface area contributed by atoms with Crippen LogP contribution >= 0.6 is 23.4 Å². The minimum absolute atomic E-state index is 0.103. The van der Waals surface area contributed by atoms with Gasteiger partial charge in [0.2, 0.25) is 11.8 Å². The van der Waals surface area contributed by atoms with Crippen molar-refractivity contribution >= 4 is 57.7 Å². The third-order valence-electron chi connectivity index (χ3n) is 4.28. The van der Waals surface area contributed by atoms with Crippen molar-refractivity contribution < 1.29 is 14.0 Å². The van der Waals surface area contributed by atoms with Gasteiger partial charge in [0.05, 0.1) is 17.1 Å². The quantitative estimate of drug-likeness (QED) is 0.661. The van der Waals surface area contributed by atoms with Crippen LogP contribution in [0.25, 0.3) is 11.1 Å². The lowest BCUT2D eigenvalue weighted by Gasteiger charge is -2.27. The normalized spacial score (nSPS) is 16.7. The molecule has 6 nitrogen and oxygen atoms in total. The minimum atomic E-state index is -0.246. The summed E-state index contributed by atoms with van der Waals surface area (Å²) in [4.78, 5) is 31.0. The van der Waals surface area contributed by atoms with E-state index in [1.807, 2.05) is 25.1 Å². The Hall–Kier alpha value is -2.51. The molecule has 1 aliphatic heterocycles. The molecule has 1 atom stereocenters. The highest BCUT2D eigenvalue weighted by Crippen LogP contribution is 2.32. The van der Waals surface area contributed by atoms with Gasteiger partial charge in [-0.1, -0.05) is 35.5 Å². The van der Waals surface area contributed by atoms with Gasteiger partial charge in [-0.2, -0.15) is 0 Å². The Kier molecular flexibility index (Phi) is 4.80. The molecule has 0 aliphatic carbocycles. The van der Waals surface area contributed by atoms with Crippen molar-refractivity contribution in [3.05, 3.63) is 47.5 Å². The van der Waals surface area contributed by atoms with Crippen molar-refractivity contribution in [3.8, 4) is 0 Å². The molecular weight excluding hydrogens is 386 g/mol. The third kappa shape index (κ3) is 3.65. The van der Waals surface area contributed by atoms with Gasteiger partial charge in [0, 0.05) is 23.6 Å². The lowest BCUT2D eigenvalue weighted by atomic mass is 10.2. The molecule has 2 aromatic carbocycles. The van der Waals surface area contributed by atoms with Crippen molar-refractivity contribution in [1.82, 2.24) is 4.98 Å². The molecule has 138 valence electrons. The first kappa shape index (κ1) is 17.9. The summed E-state index contributed by atoms with van der Waals surface area (Å²) in [5, 5.41) is 3.83. The molecule has 0 radical (unpaired) electrons. The predicted molar refractivity (Wildman–Crippen MR) is 106 cm³/mol. The number of benzene rings is 2. The highest BCUT2D eigenvalue weighted by Gasteiger charge is 2.29. The number of nitrogens with zero attached hydrogens (tertiary/aromatic N) is 2. The second kappa shape index (κ2) is 7.25. The molecule has 1 aliphatic rings. The van der Waals surface area contributed by atoms with E-state index in [1.54, 1.807) is 29.2 Å². The van der Waals surface area contributed by atoms with Crippen LogP contribution in [0, 0.1) is 0 Å². The molecule has 8 heteroatoms. The Morgan fingerprint density at radius 3 is 3.04 bits per heavy atom. The van der Waals surface area contributed by atoms with E-state index >= 15 is 0 Å². The van der Waals surface area contributed by atoms with Gasteiger partial charge in [-0.3, -0.25) is 9.59 Å². The number of anilines is 2. The van der Waals surface area contributed by atoms with E-state index in [-0.39, 0.29) is 30.0 Å². The van der Waals surface area contributed by atoms with Crippen LogP contribution in [0.3, 0.4) is 0 Å². The fourth-order valence-electron chi connectivity index (χ4n) is 3.10. The summed E-state index contributed by atoms with van der Waals surface area (Å²) in [6, 6.07) is 12.3. The monoisotopic (exact) mass is 401 g/mol. The van der Waals surface area contributed by atoms with Gasteiger partial charge >= 0.3 is 0 Å². The van der Waals surface area contributed by atoms with Crippen molar-refractivity contribution in [2.75, 3.05) is 16.0 Å². The number of carbonyl (C=O) groups excluding carboxylic acids is 2. The van der Waals surface area contributed by atoms with E-state index in [0.29, 0.717) is 32.7 Å². The number of halogens is 1. The smallest absolute Gasteiger partial charge is 0.257 e. The van der Waals surface area contributed by atoms with Gasteiger partial charge < -0.3 is 14.6 Å². The fourth-order valence-corrected chi connectivity index (χ4v) is 3.96. The maximum absolute atomic E-state index is 12.9. The molecule has 0 saturated carbocycles. The number of oxazole rings is 1. The van der Waals surface area contributed by atoms with Crippen LogP contribution in [0.5, 0.6) is 0 Å². The Morgan fingerprint density at radius 1 is 1.37 bits per heavy atom. The van der Waals surface area contributed by atoms with Gasteiger partial charge in [-0.15, -0.1) is 0 Å². The number of hydrogen-bond acceptors (Lipinski definition) is 5. The van der Waals surface area contributed by atoms with Crippen LogP contribution in [-0.2, 0) is 9.59 Å². The molecule has 2 heterocycles. The number of carbonyl (C=O) groups is 2. The molecule has 1 N–H and O–H groups in total. The second-order valence-corrected chi connectivity index (χ2v) is 7.63. The van der Waals surface area contributed by atoms with Crippen LogP contribution in [0.1, 0.15) is 13.3 Å². The lowest BCUT2D eigenvalue weighted by molar-refractivity contribution is -0.117. The lowest BCUT2D eigenvalue weighted by Crippen LogP contribution is -2.40. The van der Waals surface area contributed by atoms with E-state index in [9.17, 15) is 9.59 Å². The third-order valence-corrected chi connectivity index (χ3v) is 5.33. The summed E-state index contributed by atoms with van der Waals surface area (Å²) < 4.78 is 5.65. The first-order chi connectivity index (χ1) is 13.0. The Labute approximate surface area is 164 Å². The van der Waals surface area contributed by atoms with E-state index in [0.717, 1.165) is 0 Å². The summed E-state index contributed by atoms with van der Waals surface area (Å²) >= 11 is 7.18.